The van der Waals surface area contributed by atoms with E-state index in [1.807, 2.05) is 0 Å². The molecule has 0 bridgehead atoms. The molecule has 0 atom stereocenters. The summed E-state index contributed by atoms with van der Waals surface area (Å²) in [6, 6.07) is 3.93. The van der Waals surface area contributed by atoms with Crippen LogP contribution in [-0.2, 0) is 6.42 Å². The van der Waals surface area contributed by atoms with E-state index in [4.69, 9.17) is 20.9 Å². The van der Waals surface area contributed by atoms with Gasteiger partial charge in [-0.3, -0.25) is 4.79 Å². The molecule has 1 aromatic heterocycles. The molecule has 0 fully saturated rings. The molecule has 0 radical (unpaired) electrons. The van der Waals surface area contributed by atoms with E-state index in [9.17, 15) is 18.0 Å². The number of anilines is 1. The van der Waals surface area contributed by atoms with Gasteiger partial charge in [0.05, 0.1) is 11.4 Å². The molecule has 1 heterocycles. The number of carbonyl (C=O) groups excluding carboxylic acids is 1. The number of benzene rings is 1. The SMILES string of the molecule is CCc1noc(C)c1C(=O)Nc1cc(Cl)ccc1OCC(F)(F)F. The minimum atomic E-state index is -4.50. The number of halogens is 4. The lowest BCUT2D eigenvalue weighted by Crippen LogP contribution is -2.20. The average molecular weight is 363 g/mol. The van der Waals surface area contributed by atoms with E-state index in [2.05, 4.69) is 10.5 Å². The van der Waals surface area contributed by atoms with Crippen molar-refractivity contribution < 1.29 is 27.2 Å². The molecule has 0 unspecified atom stereocenters. The number of hydrogen-bond acceptors (Lipinski definition) is 4. The fraction of sp³-hybridized carbons (Fsp3) is 0.333. The summed E-state index contributed by atoms with van der Waals surface area (Å²) in [5.41, 5.74) is 0.712. The van der Waals surface area contributed by atoms with Gasteiger partial charge >= 0.3 is 6.18 Å². The van der Waals surface area contributed by atoms with Crippen LogP contribution in [0.5, 0.6) is 5.75 Å². The molecule has 0 aliphatic carbocycles. The molecule has 2 rings (SSSR count). The zero-order chi connectivity index (χ0) is 17.9. The topological polar surface area (TPSA) is 64.4 Å². The highest BCUT2D eigenvalue weighted by atomic mass is 35.5. The van der Waals surface area contributed by atoms with Crippen molar-refractivity contribution >= 4 is 23.2 Å². The van der Waals surface area contributed by atoms with Crippen molar-refractivity contribution in [2.45, 2.75) is 26.4 Å². The summed E-state index contributed by atoms with van der Waals surface area (Å²) in [4.78, 5) is 12.4. The molecule has 5 nitrogen and oxygen atoms in total. The highest BCUT2D eigenvalue weighted by Crippen LogP contribution is 2.30. The number of carbonyl (C=O) groups is 1. The first-order valence-corrected chi connectivity index (χ1v) is 7.34. The lowest BCUT2D eigenvalue weighted by atomic mass is 10.1. The van der Waals surface area contributed by atoms with Crippen molar-refractivity contribution in [3.63, 3.8) is 0 Å². The molecule has 0 aliphatic heterocycles. The van der Waals surface area contributed by atoms with Gasteiger partial charge in [-0.15, -0.1) is 0 Å². The predicted molar refractivity (Wildman–Crippen MR) is 81.6 cm³/mol. The second kappa shape index (κ2) is 7.12. The van der Waals surface area contributed by atoms with Gasteiger partial charge in [0.1, 0.15) is 17.1 Å². The molecular formula is C15H14ClF3N2O3. The Kier molecular flexibility index (Phi) is 5.38. The van der Waals surface area contributed by atoms with Crippen LogP contribution in [0.25, 0.3) is 0 Å². The summed E-state index contributed by atoms with van der Waals surface area (Å²) >= 11 is 5.85. The maximum Gasteiger partial charge on any atom is 0.422 e. The third kappa shape index (κ3) is 4.41. The van der Waals surface area contributed by atoms with Gasteiger partial charge in [-0.25, -0.2) is 0 Å². The van der Waals surface area contributed by atoms with Crippen molar-refractivity contribution in [3.05, 3.63) is 40.2 Å². The number of aromatic nitrogens is 1. The van der Waals surface area contributed by atoms with Crippen LogP contribution in [0.4, 0.5) is 18.9 Å². The number of rotatable bonds is 5. The summed E-state index contributed by atoms with van der Waals surface area (Å²) in [5, 5.41) is 6.49. The Morgan fingerprint density at radius 3 is 2.75 bits per heavy atom. The van der Waals surface area contributed by atoms with Crippen molar-refractivity contribution in [1.29, 1.82) is 0 Å². The van der Waals surface area contributed by atoms with Crippen molar-refractivity contribution in [2.75, 3.05) is 11.9 Å². The van der Waals surface area contributed by atoms with Gasteiger partial charge in [-0.2, -0.15) is 13.2 Å². The van der Waals surface area contributed by atoms with Crippen LogP contribution in [-0.4, -0.2) is 23.8 Å². The number of nitrogens with zero attached hydrogens (tertiary/aromatic N) is 1. The Morgan fingerprint density at radius 2 is 2.12 bits per heavy atom. The fourth-order valence-electron chi connectivity index (χ4n) is 2.02. The number of amides is 1. The number of nitrogens with one attached hydrogen (secondary N) is 1. The van der Waals surface area contributed by atoms with Gasteiger partial charge < -0.3 is 14.6 Å². The molecule has 1 aromatic carbocycles. The van der Waals surface area contributed by atoms with Crippen LogP contribution >= 0.6 is 11.6 Å². The van der Waals surface area contributed by atoms with Crippen LogP contribution in [0.1, 0.15) is 28.7 Å². The maximum atomic E-state index is 12.4. The standard InChI is InChI=1S/C15H14ClF3N2O3/c1-3-10-13(8(2)24-21-10)14(22)20-11-6-9(16)4-5-12(11)23-7-15(17,18)19/h4-6H,3,7H2,1-2H3,(H,20,22). The second-order valence-electron chi connectivity index (χ2n) is 4.91. The normalized spacial score (nSPS) is 11.4. The third-order valence-corrected chi connectivity index (χ3v) is 3.31. The zero-order valence-corrected chi connectivity index (χ0v) is 13.6. The lowest BCUT2D eigenvalue weighted by molar-refractivity contribution is -0.153. The fourth-order valence-corrected chi connectivity index (χ4v) is 2.19. The van der Waals surface area contributed by atoms with Crippen LogP contribution in [0.2, 0.25) is 5.02 Å². The van der Waals surface area contributed by atoms with Crippen LogP contribution in [0, 0.1) is 6.92 Å². The van der Waals surface area contributed by atoms with Gasteiger partial charge in [0.15, 0.2) is 6.61 Å². The first kappa shape index (κ1) is 18.1. The number of aryl methyl sites for hydroxylation is 2. The monoisotopic (exact) mass is 362 g/mol. The maximum absolute atomic E-state index is 12.4. The smallest absolute Gasteiger partial charge is 0.422 e. The van der Waals surface area contributed by atoms with E-state index in [1.165, 1.54) is 18.2 Å². The summed E-state index contributed by atoms with van der Waals surface area (Å²) in [6.45, 7) is 1.88. The first-order valence-electron chi connectivity index (χ1n) is 6.97. The second-order valence-corrected chi connectivity index (χ2v) is 5.35. The Hall–Kier alpha value is -2.22. The van der Waals surface area contributed by atoms with Crippen LogP contribution < -0.4 is 10.1 Å². The summed E-state index contributed by atoms with van der Waals surface area (Å²) in [5.74, 6) is -0.397. The molecule has 24 heavy (non-hydrogen) atoms. The van der Waals surface area contributed by atoms with E-state index >= 15 is 0 Å². The van der Waals surface area contributed by atoms with Crippen molar-refractivity contribution in [2.24, 2.45) is 0 Å². The van der Waals surface area contributed by atoms with E-state index in [1.54, 1.807) is 13.8 Å². The number of ether oxygens (including phenoxy) is 1. The zero-order valence-electron chi connectivity index (χ0n) is 12.8. The van der Waals surface area contributed by atoms with E-state index in [0.29, 0.717) is 17.9 Å². The molecule has 0 saturated heterocycles. The molecule has 0 aliphatic rings. The summed E-state index contributed by atoms with van der Waals surface area (Å²) < 4.78 is 46.7. The van der Waals surface area contributed by atoms with Crippen molar-refractivity contribution in [3.8, 4) is 5.75 Å². The number of alkyl halides is 3. The quantitative estimate of drug-likeness (QED) is 0.856. The molecular weight excluding hydrogens is 349 g/mol. The highest BCUT2D eigenvalue weighted by molar-refractivity contribution is 6.31. The van der Waals surface area contributed by atoms with Crippen LogP contribution in [0.15, 0.2) is 22.7 Å². The molecule has 1 amide bonds. The minimum Gasteiger partial charge on any atom is -0.482 e. The van der Waals surface area contributed by atoms with Gasteiger partial charge in [0.2, 0.25) is 0 Å². The van der Waals surface area contributed by atoms with E-state index in [-0.39, 0.29) is 22.0 Å². The van der Waals surface area contributed by atoms with Gasteiger partial charge in [-0.1, -0.05) is 23.7 Å². The van der Waals surface area contributed by atoms with Gasteiger partial charge in [0, 0.05) is 5.02 Å². The molecule has 2 aromatic rings. The molecule has 0 spiro atoms. The Morgan fingerprint density at radius 1 is 1.42 bits per heavy atom. The van der Waals surface area contributed by atoms with E-state index < -0.39 is 18.7 Å². The predicted octanol–water partition coefficient (Wildman–Crippen LogP) is 4.39. The molecule has 0 saturated carbocycles. The third-order valence-electron chi connectivity index (χ3n) is 3.08. The largest absolute Gasteiger partial charge is 0.482 e. The lowest BCUT2D eigenvalue weighted by Gasteiger charge is -2.14. The summed E-state index contributed by atoms with van der Waals surface area (Å²) in [7, 11) is 0. The van der Waals surface area contributed by atoms with Gasteiger partial charge in [0.25, 0.3) is 5.91 Å². The van der Waals surface area contributed by atoms with Gasteiger partial charge in [-0.05, 0) is 31.5 Å². The van der Waals surface area contributed by atoms with Crippen molar-refractivity contribution in [1.82, 2.24) is 5.16 Å². The highest BCUT2D eigenvalue weighted by Gasteiger charge is 2.29. The molecule has 1 N–H and O–H groups in total. The Bertz CT molecular complexity index is 744. The number of hydrogen-bond donors (Lipinski definition) is 1. The molecule has 9 heteroatoms. The van der Waals surface area contributed by atoms with E-state index in [0.717, 1.165) is 0 Å². The average Bonchev–Trinajstić information content (AvgIpc) is 2.86. The minimum absolute atomic E-state index is 0.0272. The Balaban J connectivity index is 2.26. The first-order chi connectivity index (χ1) is 11.2. The molecule has 130 valence electrons. The van der Waals surface area contributed by atoms with Crippen LogP contribution in [0.3, 0.4) is 0 Å². The Labute approximate surface area is 140 Å². The summed E-state index contributed by atoms with van der Waals surface area (Å²) in [6.07, 6.45) is -4.03.